The van der Waals surface area contributed by atoms with Gasteiger partial charge in [0.15, 0.2) is 0 Å². The van der Waals surface area contributed by atoms with E-state index < -0.39 is 0 Å². The summed E-state index contributed by atoms with van der Waals surface area (Å²) >= 11 is 0. The van der Waals surface area contributed by atoms with E-state index in [9.17, 15) is 0 Å². The summed E-state index contributed by atoms with van der Waals surface area (Å²) in [5.74, 6) is 0. The lowest BCUT2D eigenvalue weighted by molar-refractivity contribution is 0.0374. The van der Waals surface area contributed by atoms with Crippen molar-refractivity contribution in [2.45, 2.75) is 37.8 Å². The first kappa shape index (κ1) is 12.3. The van der Waals surface area contributed by atoms with Crippen LogP contribution in [0.5, 0.6) is 0 Å². The van der Waals surface area contributed by atoms with Crippen LogP contribution < -0.4 is 11.1 Å². The molecule has 2 unspecified atom stereocenters. The molecule has 1 aliphatic heterocycles. The van der Waals surface area contributed by atoms with Crippen LogP contribution in [-0.4, -0.2) is 56.4 Å². The van der Waals surface area contributed by atoms with Crippen molar-refractivity contribution < 1.29 is 4.74 Å². The topological polar surface area (TPSA) is 50.5 Å². The van der Waals surface area contributed by atoms with Gasteiger partial charge in [0.25, 0.3) is 0 Å². The Morgan fingerprint density at radius 2 is 2.06 bits per heavy atom. The number of rotatable bonds is 5. The van der Waals surface area contributed by atoms with Gasteiger partial charge in [-0.1, -0.05) is 6.42 Å². The van der Waals surface area contributed by atoms with Crippen molar-refractivity contribution >= 4 is 0 Å². The van der Waals surface area contributed by atoms with Gasteiger partial charge in [-0.25, -0.2) is 0 Å². The average molecular weight is 227 g/mol. The van der Waals surface area contributed by atoms with Crippen LogP contribution in [0.2, 0.25) is 0 Å². The summed E-state index contributed by atoms with van der Waals surface area (Å²) in [6.07, 6.45) is 4.98. The maximum Gasteiger partial charge on any atom is 0.0594 e. The lowest BCUT2D eigenvalue weighted by Crippen LogP contribution is -2.42. The summed E-state index contributed by atoms with van der Waals surface area (Å²) < 4.78 is 5.33. The zero-order valence-corrected chi connectivity index (χ0v) is 10.2. The first-order valence-corrected chi connectivity index (χ1v) is 6.65. The molecule has 2 atom stereocenters. The quantitative estimate of drug-likeness (QED) is 0.658. The van der Waals surface area contributed by atoms with Crippen LogP contribution in [0.15, 0.2) is 0 Å². The Morgan fingerprint density at radius 1 is 1.25 bits per heavy atom. The number of ether oxygens (including phenoxy) is 1. The monoisotopic (exact) mass is 227 g/mol. The normalized spacial score (nSPS) is 32.1. The molecule has 0 aromatic heterocycles. The van der Waals surface area contributed by atoms with Gasteiger partial charge in [0.05, 0.1) is 13.2 Å². The van der Waals surface area contributed by atoms with Gasteiger partial charge >= 0.3 is 0 Å². The van der Waals surface area contributed by atoms with Gasteiger partial charge in [-0.15, -0.1) is 0 Å². The largest absolute Gasteiger partial charge is 0.379 e. The Labute approximate surface area is 98.5 Å². The summed E-state index contributed by atoms with van der Waals surface area (Å²) in [4.78, 5) is 2.49. The van der Waals surface area contributed by atoms with E-state index in [4.69, 9.17) is 10.5 Å². The Balaban J connectivity index is 1.51. The number of morpholine rings is 1. The number of nitrogens with one attached hydrogen (secondary N) is 1. The smallest absolute Gasteiger partial charge is 0.0594 e. The third kappa shape index (κ3) is 3.70. The van der Waals surface area contributed by atoms with E-state index in [0.717, 1.165) is 32.8 Å². The highest BCUT2D eigenvalue weighted by Crippen LogP contribution is 2.16. The SMILES string of the molecule is NC1CCCC1NCCCN1CCOCC1. The number of nitrogens with two attached hydrogens (primary N) is 1. The predicted molar refractivity (Wildman–Crippen MR) is 65.5 cm³/mol. The first-order valence-electron chi connectivity index (χ1n) is 6.65. The van der Waals surface area contributed by atoms with Gasteiger partial charge in [0.1, 0.15) is 0 Å². The highest BCUT2D eigenvalue weighted by Gasteiger charge is 2.22. The summed E-state index contributed by atoms with van der Waals surface area (Å²) in [5.41, 5.74) is 6.01. The molecule has 4 nitrogen and oxygen atoms in total. The molecule has 0 aromatic rings. The van der Waals surface area contributed by atoms with Crippen LogP contribution in [0.1, 0.15) is 25.7 Å². The molecule has 2 rings (SSSR count). The van der Waals surface area contributed by atoms with Gasteiger partial charge in [-0.2, -0.15) is 0 Å². The van der Waals surface area contributed by atoms with Gasteiger partial charge in [0, 0.05) is 25.2 Å². The molecule has 3 N–H and O–H groups in total. The van der Waals surface area contributed by atoms with Crippen LogP contribution in [-0.2, 0) is 4.74 Å². The van der Waals surface area contributed by atoms with E-state index in [0.29, 0.717) is 12.1 Å². The molecule has 2 fully saturated rings. The maximum absolute atomic E-state index is 6.01. The second kappa shape index (κ2) is 6.55. The van der Waals surface area contributed by atoms with Crippen molar-refractivity contribution in [1.29, 1.82) is 0 Å². The minimum atomic E-state index is 0.392. The molecule has 94 valence electrons. The molecule has 1 saturated heterocycles. The molecule has 4 heteroatoms. The van der Waals surface area contributed by atoms with Gasteiger partial charge in [0.2, 0.25) is 0 Å². The highest BCUT2D eigenvalue weighted by molar-refractivity contribution is 4.85. The minimum absolute atomic E-state index is 0.392. The van der Waals surface area contributed by atoms with E-state index in [1.807, 2.05) is 0 Å². The van der Waals surface area contributed by atoms with Crippen molar-refractivity contribution in [3.8, 4) is 0 Å². The summed E-state index contributed by atoms with van der Waals surface area (Å²) in [7, 11) is 0. The van der Waals surface area contributed by atoms with Crippen LogP contribution >= 0.6 is 0 Å². The summed E-state index contributed by atoms with van der Waals surface area (Å²) in [6, 6.07) is 0.966. The van der Waals surface area contributed by atoms with E-state index in [2.05, 4.69) is 10.2 Å². The third-order valence-corrected chi connectivity index (χ3v) is 3.73. The summed E-state index contributed by atoms with van der Waals surface area (Å²) in [5, 5.41) is 3.59. The van der Waals surface area contributed by atoms with Crippen LogP contribution in [0.4, 0.5) is 0 Å². The molecular formula is C12H25N3O. The lowest BCUT2D eigenvalue weighted by atomic mass is 10.2. The molecular weight excluding hydrogens is 202 g/mol. The molecule has 0 bridgehead atoms. The van der Waals surface area contributed by atoms with Crippen molar-refractivity contribution in [2.75, 3.05) is 39.4 Å². The second-order valence-corrected chi connectivity index (χ2v) is 4.96. The van der Waals surface area contributed by atoms with Crippen molar-refractivity contribution in [3.05, 3.63) is 0 Å². The first-order chi connectivity index (χ1) is 7.86. The van der Waals surface area contributed by atoms with Gasteiger partial charge in [-0.05, 0) is 32.4 Å². The van der Waals surface area contributed by atoms with Gasteiger partial charge in [-0.3, -0.25) is 4.90 Å². The predicted octanol–water partition coefficient (Wildman–Crippen LogP) is 0.178. The Kier molecular flexibility index (Phi) is 5.03. The molecule has 2 aliphatic rings. The Hall–Kier alpha value is -0.160. The number of hydrogen-bond donors (Lipinski definition) is 2. The average Bonchev–Trinajstić information content (AvgIpc) is 2.72. The van der Waals surface area contributed by atoms with Crippen LogP contribution in [0, 0.1) is 0 Å². The van der Waals surface area contributed by atoms with E-state index in [1.54, 1.807) is 0 Å². The maximum atomic E-state index is 6.01. The van der Waals surface area contributed by atoms with E-state index in [-0.39, 0.29) is 0 Å². The van der Waals surface area contributed by atoms with E-state index >= 15 is 0 Å². The second-order valence-electron chi connectivity index (χ2n) is 4.96. The number of hydrogen-bond acceptors (Lipinski definition) is 4. The van der Waals surface area contributed by atoms with Crippen molar-refractivity contribution in [2.24, 2.45) is 5.73 Å². The molecule has 16 heavy (non-hydrogen) atoms. The van der Waals surface area contributed by atoms with Crippen LogP contribution in [0.3, 0.4) is 0 Å². The standard InChI is InChI=1S/C12H25N3O/c13-11-3-1-4-12(11)14-5-2-6-15-7-9-16-10-8-15/h11-12,14H,1-10,13H2. The molecule has 1 heterocycles. The van der Waals surface area contributed by atoms with Gasteiger partial charge < -0.3 is 15.8 Å². The fourth-order valence-electron chi connectivity index (χ4n) is 2.66. The molecule has 0 spiro atoms. The van der Waals surface area contributed by atoms with Crippen molar-refractivity contribution in [1.82, 2.24) is 10.2 Å². The zero-order valence-electron chi connectivity index (χ0n) is 10.2. The zero-order chi connectivity index (χ0) is 11.2. The van der Waals surface area contributed by atoms with Crippen molar-refractivity contribution in [3.63, 3.8) is 0 Å². The minimum Gasteiger partial charge on any atom is -0.379 e. The Morgan fingerprint density at radius 3 is 2.75 bits per heavy atom. The molecule has 1 aliphatic carbocycles. The Bertz CT molecular complexity index is 195. The molecule has 1 saturated carbocycles. The summed E-state index contributed by atoms with van der Waals surface area (Å²) in [6.45, 7) is 6.31. The third-order valence-electron chi connectivity index (χ3n) is 3.73. The lowest BCUT2D eigenvalue weighted by Gasteiger charge is -2.27. The molecule has 0 amide bonds. The number of nitrogens with zero attached hydrogens (tertiary/aromatic N) is 1. The van der Waals surface area contributed by atoms with Crippen LogP contribution in [0.25, 0.3) is 0 Å². The molecule has 0 aromatic carbocycles. The molecule has 0 radical (unpaired) electrons. The fourth-order valence-corrected chi connectivity index (χ4v) is 2.66. The van der Waals surface area contributed by atoms with E-state index in [1.165, 1.54) is 32.2 Å². The highest BCUT2D eigenvalue weighted by atomic mass is 16.5. The fraction of sp³-hybridized carbons (Fsp3) is 1.00.